The predicted octanol–water partition coefficient (Wildman–Crippen LogP) is 3.16. The SMILES string of the molecule is CCOC(=O)c1sc(NC(=O)C(c2ccccc2)N2CCN(C)CC2)cc1C. The molecule has 6 nitrogen and oxygen atoms in total. The van der Waals surface area contributed by atoms with Crippen LogP contribution in [0.25, 0.3) is 0 Å². The number of esters is 1. The largest absolute Gasteiger partial charge is 0.462 e. The minimum absolute atomic E-state index is 0.0765. The molecule has 0 radical (unpaired) electrons. The highest BCUT2D eigenvalue weighted by atomic mass is 32.1. The van der Waals surface area contributed by atoms with Crippen molar-refractivity contribution in [2.24, 2.45) is 0 Å². The molecular formula is C21H27N3O3S. The summed E-state index contributed by atoms with van der Waals surface area (Å²) in [7, 11) is 2.10. The van der Waals surface area contributed by atoms with Crippen LogP contribution in [0, 0.1) is 6.92 Å². The van der Waals surface area contributed by atoms with E-state index in [9.17, 15) is 9.59 Å². The third kappa shape index (κ3) is 4.79. The van der Waals surface area contributed by atoms with E-state index in [1.807, 2.05) is 43.3 Å². The molecule has 1 saturated heterocycles. The first-order chi connectivity index (χ1) is 13.5. The Balaban J connectivity index is 1.80. The lowest BCUT2D eigenvalue weighted by Crippen LogP contribution is -2.48. The molecule has 0 bridgehead atoms. The lowest BCUT2D eigenvalue weighted by Gasteiger charge is -2.37. The second kappa shape index (κ2) is 9.32. The van der Waals surface area contributed by atoms with E-state index >= 15 is 0 Å². The molecule has 3 rings (SSSR count). The zero-order valence-corrected chi connectivity index (χ0v) is 17.4. The Morgan fingerprint density at radius 1 is 1.18 bits per heavy atom. The van der Waals surface area contributed by atoms with Gasteiger partial charge in [-0.25, -0.2) is 4.79 Å². The van der Waals surface area contributed by atoms with Gasteiger partial charge in [-0.05, 0) is 38.1 Å². The second-order valence-electron chi connectivity index (χ2n) is 6.98. The smallest absolute Gasteiger partial charge is 0.348 e. The highest BCUT2D eigenvalue weighted by Gasteiger charge is 2.30. The quantitative estimate of drug-likeness (QED) is 0.754. The molecule has 1 atom stereocenters. The maximum atomic E-state index is 13.2. The van der Waals surface area contributed by atoms with Gasteiger partial charge in [0.1, 0.15) is 10.9 Å². The number of thiophene rings is 1. The number of carbonyl (C=O) groups is 2. The molecule has 28 heavy (non-hydrogen) atoms. The van der Waals surface area contributed by atoms with Crippen molar-refractivity contribution in [2.75, 3.05) is 45.2 Å². The zero-order valence-electron chi connectivity index (χ0n) is 16.6. The van der Waals surface area contributed by atoms with Gasteiger partial charge in [0.15, 0.2) is 0 Å². The first-order valence-corrected chi connectivity index (χ1v) is 10.4. The van der Waals surface area contributed by atoms with Crippen molar-refractivity contribution < 1.29 is 14.3 Å². The van der Waals surface area contributed by atoms with E-state index in [4.69, 9.17) is 4.74 Å². The summed E-state index contributed by atoms with van der Waals surface area (Å²) in [6.07, 6.45) is 0. The number of hydrogen-bond donors (Lipinski definition) is 1. The number of nitrogens with one attached hydrogen (secondary N) is 1. The molecule has 1 aromatic heterocycles. The highest BCUT2D eigenvalue weighted by Crippen LogP contribution is 2.30. The van der Waals surface area contributed by atoms with Crippen molar-refractivity contribution in [3.8, 4) is 0 Å². The average Bonchev–Trinajstić information content (AvgIpc) is 3.05. The van der Waals surface area contributed by atoms with Crippen molar-refractivity contribution in [2.45, 2.75) is 19.9 Å². The predicted molar refractivity (Wildman–Crippen MR) is 112 cm³/mol. The summed E-state index contributed by atoms with van der Waals surface area (Å²) in [5.74, 6) is -0.420. The van der Waals surface area contributed by atoms with Crippen LogP contribution in [0.1, 0.15) is 33.8 Å². The number of piperazine rings is 1. The summed E-state index contributed by atoms with van der Waals surface area (Å²) in [5, 5.41) is 3.69. The van der Waals surface area contributed by atoms with Gasteiger partial charge in [-0.1, -0.05) is 30.3 Å². The third-order valence-corrected chi connectivity index (χ3v) is 6.02. The minimum atomic E-state index is -0.358. The number of hydrogen-bond acceptors (Lipinski definition) is 6. The van der Waals surface area contributed by atoms with Crippen LogP contribution in [0.2, 0.25) is 0 Å². The zero-order chi connectivity index (χ0) is 20.1. The molecule has 1 aliphatic heterocycles. The van der Waals surface area contributed by atoms with E-state index in [0.29, 0.717) is 16.5 Å². The van der Waals surface area contributed by atoms with Crippen LogP contribution in [0.4, 0.5) is 5.00 Å². The Labute approximate surface area is 170 Å². The maximum absolute atomic E-state index is 13.2. The van der Waals surface area contributed by atoms with Crippen molar-refractivity contribution in [1.29, 1.82) is 0 Å². The van der Waals surface area contributed by atoms with Gasteiger partial charge in [0, 0.05) is 26.2 Å². The number of likely N-dealkylation sites (N-methyl/N-ethyl adjacent to an activating group) is 1. The Morgan fingerprint density at radius 2 is 1.86 bits per heavy atom. The van der Waals surface area contributed by atoms with Crippen molar-refractivity contribution in [3.05, 3.63) is 52.4 Å². The summed E-state index contributed by atoms with van der Waals surface area (Å²) in [6.45, 7) is 7.50. The van der Waals surface area contributed by atoms with Gasteiger partial charge in [0.05, 0.1) is 11.6 Å². The van der Waals surface area contributed by atoms with Gasteiger partial charge in [-0.2, -0.15) is 0 Å². The van der Waals surface area contributed by atoms with Gasteiger partial charge >= 0.3 is 5.97 Å². The Morgan fingerprint density at radius 3 is 2.50 bits per heavy atom. The van der Waals surface area contributed by atoms with Gasteiger partial charge in [0.2, 0.25) is 5.91 Å². The first kappa shape index (κ1) is 20.5. The van der Waals surface area contributed by atoms with Crippen LogP contribution in [0.5, 0.6) is 0 Å². The molecule has 0 aliphatic carbocycles. The van der Waals surface area contributed by atoms with Gasteiger partial charge < -0.3 is 15.0 Å². The summed E-state index contributed by atoms with van der Waals surface area (Å²) >= 11 is 1.26. The topological polar surface area (TPSA) is 61.9 Å². The number of ether oxygens (including phenoxy) is 1. The second-order valence-corrected chi connectivity index (χ2v) is 8.04. The van der Waals surface area contributed by atoms with Gasteiger partial charge in [-0.3, -0.25) is 9.69 Å². The van der Waals surface area contributed by atoms with Gasteiger partial charge in [0.25, 0.3) is 0 Å². The number of aryl methyl sites for hydroxylation is 1. The Kier molecular flexibility index (Phi) is 6.83. The minimum Gasteiger partial charge on any atom is -0.462 e. The van der Waals surface area contributed by atoms with Crippen molar-refractivity contribution >= 4 is 28.2 Å². The average molecular weight is 402 g/mol. The molecule has 2 heterocycles. The molecule has 1 fully saturated rings. The van der Waals surface area contributed by atoms with E-state index in [2.05, 4.69) is 22.2 Å². The normalized spacial score (nSPS) is 16.5. The highest BCUT2D eigenvalue weighted by molar-refractivity contribution is 7.18. The van der Waals surface area contributed by atoms with Crippen LogP contribution in [0.15, 0.2) is 36.4 Å². The monoisotopic (exact) mass is 401 g/mol. The molecular weight excluding hydrogens is 374 g/mol. The summed E-state index contributed by atoms with van der Waals surface area (Å²) in [5.41, 5.74) is 1.79. The molecule has 1 aromatic carbocycles. The van der Waals surface area contributed by atoms with E-state index < -0.39 is 0 Å². The fraction of sp³-hybridized carbons (Fsp3) is 0.429. The van der Waals surface area contributed by atoms with Crippen molar-refractivity contribution in [3.63, 3.8) is 0 Å². The molecule has 1 amide bonds. The lowest BCUT2D eigenvalue weighted by atomic mass is 10.0. The standard InChI is InChI=1S/C21H27N3O3S/c1-4-27-21(26)19-15(2)14-17(28-19)22-20(25)18(16-8-6-5-7-9-16)24-12-10-23(3)11-13-24/h5-9,14,18H,4,10-13H2,1-3H3,(H,22,25). The number of rotatable bonds is 6. The van der Waals surface area contributed by atoms with Crippen LogP contribution >= 0.6 is 11.3 Å². The molecule has 2 aromatic rings. The number of carbonyl (C=O) groups excluding carboxylic acids is 2. The van der Waals surface area contributed by atoms with Crippen LogP contribution in [0.3, 0.4) is 0 Å². The molecule has 1 unspecified atom stereocenters. The Hall–Kier alpha value is -2.22. The number of anilines is 1. The molecule has 0 spiro atoms. The van der Waals surface area contributed by atoms with Crippen LogP contribution < -0.4 is 5.32 Å². The number of benzene rings is 1. The first-order valence-electron chi connectivity index (χ1n) is 9.55. The summed E-state index contributed by atoms with van der Waals surface area (Å²) in [6, 6.07) is 11.3. The fourth-order valence-electron chi connectivity index (χ4n) is 3.38. The van der Waals surface area contributed by atoms with Crippen LogP contribution in [-0.2, 0) is 9.53 Å². The lowest BCUT2D eigenvalue weighted by molar-refractivity contribution is -0.122. The van der Waals surface area contributed by atoms with E-state index in [1.54, 1.807) is 6.92 Å². The molecule has 0 saturated carbocycles. The van der Waals surface area contributed by atoms with Crippen LogP contribution in [-0.4, -0.2) is 61.5 Å². The number of nitrogens with zero attached hydrogens (tertiary/aromatic N) is 2. The molecule has 7 heteroatoms. The maximum Gasteiger partial charge on any atom is 0.348 e. The summed E-state index contributed by atoms with van der Waals surface area (Å²) < 4.78 is 5.09. The van der Waals surface area contributed by atoms with Gasteiger partial charge in [-0.15, -0.1) is 11.3 Å². The molecule has 1 aliphatic rings. The third-order valence-electron chi connectivity index (χ3n) is 4.89. The summed E-state index contributed by atoms with van der Waals surface area (Å²) in [4.78, 5) is 30.3. The Bertz CT molecular complexity index is 814. The number of amides is 1. The van der Waals surface area contributed by atoms with Crippen molar-refractivity contribution in [1.82, 2.24) is 9.80 Å². The van der Waals surface area contributed by atoms with E-state index in [1.165, 1.54) is 11.3 Å². The van der Waals surface area contributed by atoms with E-state index in [0.717, 1.165) is 37.3 Å². The molecule has 1 N–H and O–H groups in total. The molecule has 150 valence electrons. The van der Waals surface area contributed by atoms with E-state index in [-0.39, 0.29) is 17.9 Å². The fourth-order valence-corrected chi connectivity index (χ4v) is 4.35.